The van der Waals surface area contributed by atoms with Crippen LogP contribution in [-0.2, 0) is 6.42 Å². The lowest BCUT2D eigenvalue weighted by atomic mass is 10.2. The molecule has 0 aliphatic rings. The molecule has 1 aromatic heterocycles. The summed E-state index contributed by atoms with van der Waals surface area (Å²) in [5.41, 5.74) is 7.90. The van der Waals surface area contributed by atoms with Crippen LogP contribution in [0.5, 0.6) is 0 Å². The van der Waals surface area contributed by atoms with Crippen LogP contribution in [0.15, 0.2) is 28.7 Å². The van der Waals surface area contributed by atoms with Crippen LogP contribution >= 0.6 is 15.9 Å². The number of rotatable bonds is 3. The van der Waals surface area contributed by atoms with E-state index in [1.54, 1.807) is 6.07 Å². The third-order valence-corrected chi connectivity index (χ3v) is 2.89. The van der Waals surface area contributed by atoms with Gasteiger partial charge in [-0.25, -0.2) is 14.4 Å². The molecule has 0 spiro atoms. The Hall–Kier alpha value is -1.33. The normalized spacial score (nSPS) is 10.7. The van der Waals surface area contributed by atoms with Gasteiger partial charge in [0.15, 0.2) is 5.82 Å². The van der Waals surface area contributed by atoms with E-state index >= 15 is 0 Å². The molecule has 0 radical (unpaired) electrons. The van der Waals surface area contributed by atoms with Crippen molar-refractivity contribution in [2.45, 2.75) is 13.3 Å². The lowest BCUT2D eigenvalue weighted by molar-refractivity contribution is 0.627. The Bertz CT molecular complexity index is 552. The van der Waals surface area contributed by atoms with Gasteiger partial charge >= 0.3 is 0 Å². The van der Waals surface area contributed by atoms with Gasteiger partial charge in [-0.15, -0.1) is 0 Å². The first kappa shape index (κ1) is 13.1. The lowest BCUT2D eigenvalue weighted by Gasteiger charge is -2.06. The third-order valence-electron chi connectivity index (χ3n) is 2.43. The van der Waals surface area contributed by atoms with Crippen LogP contribution in [0.1, 0.15) is 11.4 Å². The number of aryl methyl sites for hydroxylation is 1. The Morgan fingerprint density at radius 3 is 2.67 bits per heavy atom. The zero-order chi connectivity index (χ0) is 13.1. The molecule has 0 unspecified atom stereocenters. The van der Waals surface area contributed by atoms with Gasteiger partial charge in [0, 0.05) is 27.8 Å². The highest BCUT2D eigenvalue weighted by atomic mass is 79.9. The van der Waals surface area contributed by atoms with Crippen molar-refractivity contribution in [2.24, 2.45) is 5.73 Å². The van der Waals surface area contributed by atoms with Crippen molar-refractivity contribution in [1.82, 2.24) is 9.97 Å². The summed E-state index contributed by atoms with van der Waals surface area (Å²) in [5.74, 6) is 0.212. The molecule has 0 bridgehead atoms. The maximum Gasteiger partial charge on any atom is 0.159 e. The van der Waals surface area contributed by atoms with E-state index in [9.17, 15) is 4.39 Å². The van der Waals surface area contributed by atoms with Crippen LogP contribution in [-0.4, -0.2) is 16.5 Å². The van der Waals surface area contributed by atoms with Crippen LogP contribution in [0.2, 0.25) is 0 Å². The Morgan fingerprint density at radius 1 is 1.22 bits per heavy atom. The summed E-state index contributed by atoms with van der Waals surface area (Å²) in [6, 6.07) is 6.51. The van der Waals surface area contributed by atoms with E-state index in [1.165, 1.54) is 12.1 Å². The molecule has 94 valence electrons. The summed E-state index contributed by atoms with van der Waals surface area (Å²) in [7, 11) is 0. The topological polar surface area (TPSA) is 51.8 Å². The first-order valence-electron chi connectivity index (χ1n) is 5.59. The fourth-order valence-electron chi connectivity index (χ4n) is 1.72. The Morgan fingerprint density at radius 2 is 2.00 bits per heavy atom. The average Bonchev–Trinajstić information content (AvgIpc) is 2.27. The van der Waals surface area contributed by atoms with E-state index in [0.29, 0.717) is 28.8 Å². The summed E-state index contributed by atoms with van der Waals surface area (Å²) in [6.45, 7) is 2.42. The van der Waals surface area contributed by atoms with Crippen molar-refractivity contribution in [2.75, 3.05) is 6.54 Å². The fourth-order valence-corrected chi connectivity index (χ4v) is 2.19. The van der Waals surface area contributed by atoms with Crippen LogP contribution in [0.3, 0.4) is 0 Å². The minimum Gasteiger partial charge on any atom is -0.330 e. The molecule has 0 saturated carbocycles. The lowest BCUT2D eigenvalue weighted by Crippen LogP contribution is -2.06. The van der Waals surface area contributed by atoms with Crippen molar-refractivity contribution >= 4 is 15.9 Å². The zero-order valence-electron chi connectivity index (χ0n) is 9.95. The van der Waals surface area contributed by atoms with Gasteiger partial charge in [0.2, 0.25) is 0 Å². The standard InChI is InChI=1S/C13H13BrFN3/c1-8-4-12(2-3-16)18-13(17-8)9-5-10(14)7-11(15)6-9/h4-7H,2-3,16H2,1H3. The maximum absolute atomic E-state index is 13.4. The predicted molar refractivity (Wildman–Crippen MR) is 72.6 cm³/mol. The number of hydrogen-bond acceptors (Lipinski definition) is 3. The summed E-state index contributed by atoms with van der Waals surface area (Å²) >= 11 is 3.26. The van der Waals surface area contributed by atoms with Crippen LogP contribution < -0.4 is 5.73 Å². The van der Waals surface area contributed by atoms with E-state index in [4.69, 9.17) is 5.73 Å². The van der Waals surface area contributed by atoms with Gasteiger partial charge in [0.25, 0.3) is 0 Å². The largest absolute Gasteiger partial charge is 0.330 e. The molecule has 18 heavy (non-hydrogen) atoms. The quantitative estimate of drug-likeness (QED) is 0.948. The smallest absolute Gasteiger partial charge is 0.159 e. The van der Waals surface area contributed by atoms with Crippen LogP contribution in [0, 0.1) is 12.7 Å². The number of nitrogens with zero attached hydrogens (tertiary/aromatic N) is 2. The van der Waals surface area contributed by atoms with Crippen molar-refractivity contribution in [3.63, 3.8) is 0 Å². The molecular weight excluding hydrogens is 297 g/mol. The first-order chi connectivity index (χ1) is 8.58. The number of nitrogens with two attached hydrogens (primary N) is 1. The highest BCUT2D eigenvalue weighted by Crippen LogP contribution is 2.22. The predicted octanol–water partition coefficient (Wildman–Crippen LogP) is 2.85. The SMILES string of the molecule is Cc1cc(CCN)nc(-c2cc(F)cc(Br)c2)n1. The highest BCUT2D eigenvalue weighted by Gasteiger charge is 2.07. The number of benzene rings is 1. The molecule has 3 nitrogen and oxygen atoms in total. The molecule has 5 heteroatoms. The molecule has 0 aliphatic carbocycles. The van der Waals surface area contributed by atoms with E-state index in [0.717, 1.165) is 11.4 Å². The second kappa shape index (κ2) is 5.54. The minimum absolute atomic E-state index is 0.315. The first-order valence-corrected chi connectivity index (χ1v) is 6.39. The second-order valence-electron chi connectivity index (χ2n) is 4.02. The fraction of sp³-hybridized carbons (Fsp3) is 0.231. The molecule has 2 rings (SSSR count). The molecular formula is C13H13BrFN3. The Labute approximate surface area is 113 Å². The molecule has 1 aromatic carbocycles. The molecule has 0 amide bonds. The zero-order valence-corrected chi connectivity index (χ0v) is 11.5. The van der Waals surface area contributed by atoms with Crippen molar-refractivity contribution in [3.8, 4) is 11.4 Å². The van der Waals surface area contributed by atoms with Gasteiger partial charge in [-0.2, -0.15) is 0 Å². The molecule has 0 fully saturated rings. The second-order valence-corrected chi connectivity index (χ2v) is 4.94. The van der Waals surface area contributed by atoms with Crippen molar-refractivity contribution < 1.29 is 4.39 Å². The molecule has 1 heterocycles. The number of aromatic nitrogens is 2. The van der Waals surface area contributed by atoms with Gasteiger partial charge in [-0.1, -0.05) is 15.9 Å². The highest BCUT2D eigenvalue weighted by molar-refractivity contribution is 9.10. The van der Waals surface area contributed by atoms with Gasteiger partial charge in [0.1, 0.15) is 5.82 Å². The minimum atomic E-state index is -0.315. The summed E-state index contributed by atoms with van der Waals surface area (Å²) < 4.78 is 14.0. The number of hydrogen-bond donors (Lipinski definition) is 1. The van der Waals surface area contributed by atoms with E-state index in [2.05, 4.69) is 25.9 Å². The molecule has 0 atom stereocenters. The van der Waals surface area contributed by atoms with Crippen molar-refractivity contribution in [3.05, 3.63) is 45.9 Å². The van der Waals surface area contributed by atoms with Gasteiger partial charge in [-0.05, 0) is 37.7 Å². The van der Waals surface area contributed by atoms with E-state index < -0.39 is 0 Å². The summed E-state index contributed by atoms with van der Waals surface area (Å²) in [6.07, 6.45) is 0.687. The molecule has 0 saturated heterocycles. The summed E-state index contributed by atoms with van der Waals surface area (Å²) in [5, 5.41) is 0. The van der Waals surface area contributed by atoms with Gasteiger partial charge in [0.05, 0.1) is 0 Å². The monoisotopic (exact) mass is 309 g/mol. The van der Waals surface area contributed by atoms with Crippen molar-refractivity contribution in [1.29, 1.82) is 0 Å². The van der Waals surface area contributed by atoms with E-state index in [-0.39, 0.29) is 5.82 Å². The molecule has 2 N–H and O–H groups in total. The van der Waals surface area contributed by atoms with E-state index in [1.807, 2.05) is 13.0 Å². The van der Waals surface area contributed by atoms with Crippen LogP contribution in [0.25, 0.3) is 11.4 Å². The summed E-state index contributed by atoms with van der Waals surface area (Å²) in [4.78, 5) is 8.73. The maximum atomic E-state index is 13.4. The van der Waals surface area contributed by atoms with Crippen LogP contribution in [0.4, 0.5) is 4.39 Å². The van der Waals surface area contributed by atoms with Gasteiger partial charge < -0.3 is 5.73 Å². The van der Waals surface area contributed by atoms with Gasteiger partial charge in [-0.3, -0.25) is 0 Å². The molecule has 0 aliphatic heterocycles. The third kappa shape index (κ3) is 3.11. The Balaban J connectivity index is 2.49. The number of halogens is 2. The Kier molecular flexibility index (Phi) is 4.04. The molecule has 2 aromatic rings. The average molecular weight is 310 g/mol.